The maximum Gasteiger partial charge on any atom is 0.410 e. The van der Waals surface area contributed by atoms with Gasteiger partial charge in [-0.3, -0.25) is 9.69 Å². The molecule has 46 heavy (non-hydrogen) atoms. The molecule has 1 aliphatic rings. The second-order valence-corrected chi connectivity index (χ2v) is 13.8. The lowest BCUT2D eigenvalue weighted by Crippen LogP contribution is -2.50. The number of aryl methyl sites for hydroxylation is 1. The number of rotatable bonds is 7. The van der Waals surface area contributed by atoms with Gasteiger partial charge in [-0.1, -0.05) is 49.4 Å². The minimum atomic E-state index is -3.60. The molecule has 0 saturated carbocycles. The van der Waals surface area contributed by atoms with Gasteiger partial charge in [0.2, 0.25) is 10.0 Å². The highest BCUT2D eigenvalue weighted by molar-refractivity contribution is 7.89. The Morgan fingerprint density at radius 3 is 2.04 bits per heavy atom. The summed E-state index contributed by atoms with van der Waals surface area (Å²) < 4.78 is 32.2. The monoisotopic (exact) mass is 655 g/mol. The number of carbonyl (C=O) groups excluding carboxylic acids is 3. The van der Waals surface area contributed by atoms with Gasteiger partial charge in [0.25, 0.3) is 5.91 Å². The van der Waals surface area contributed by atoms with Gasteiger partial charge in [0.05, 0.1) is 11.4 Å². The van der Waals surface area contributed by atoms with E-state index in [1.165, 1.54) is 4.31 Å². The van der Waals surface area contributed by atoms with E-state index in [0.29, 0.717) is 48.2 Å². The zero-order valence-electron chi connectivity index (χ0n) is 28.3. The summed E-state index contributed by atoms with van der Waals surface area (Å²) in [7, 11) is 1.70. The van der Waals surface area contributed by atoms with Crippen molar-refractivity contribution in [2.45, 2.75) is 45.1 Å². The van der Waals surface area contributed by atoms with E-state index < -0.39 is 15.6 Å². The number of nitrogens with zero attached hydrogens (tertiary/aromatic N) is 3. The average Bonchev–Trinajstić information content (AvgIpc) is 3.01. The van der Waals surface area contributed by atoms with Crippen LogP contribution < -0.4 is 10.6 Å². The highest BCUT2D eigenvalue weighted by Crippen LogP contribution is 2.31. The fraction of sp³-hybridized carbons (Fsp3) is 0.441. The number of ether oxygens (including phenoxy) is 1. The number of benzene rings is 3. The summed E-state index contributed by atoms with van der Waals surface area (Å²) in [5, 5.41) is 6.94. The van der Waals surface area contributed by atoms with Crippen LogP contribution in [-0.2, 0) is 19.6 Å². The summed E-state index contributed by atoms with van der Waals surface area (Å²) in [6, 6.07) is 17.7. The van der Waals surface area contributed by atoms with E-state index in [9.17, 15) is 22.8 Å². The number of aldehydes is 1. The maximum absolute atomic E-state index is 12.8. The van der Waals surface area contributed by atoms with E-state index in [4.69, 9.17) is 4.74 Å². The van der Waals surface area contributed by atoms with Crippen molar-refractivity contribution in [1.82, 2.24) is 19.4 Å². The average molecular weight is 656 g/mol. The molecule has 11 nitrogen and oxygen atoms in total. The Hall–Kier alpha value is -3.84. The van der Waals surface area contributed by atoms with Gasteiger partial charge >= 0.3 is 6.09 Å². The quantitative estimate of drug-likeness (QED) is 0.353. The molecule has 0 aromatic heterocycles. The Balaban J connectivity index is 0.000000330. The molecule has 0 atom stereocenters. The SMILES string of the molecule is CC(C)(C)OC(=O)N1CCN(CC=O)CC1.CCN(C)S(=O)(=O)c1ccc(NC(=O)c2ccccc2C)c2ccccc12.CNC. The maximum atomic E-state index is 12.8. The van der Waals surface area contributed by atoms with E-state index in [-0.39, 0.29) is 16.9 Å². The van der Waals surface area contributed by atoms with Crippen LogP contribution in [0.1, 0.15) is 43.6 Å². The van der Waals surface area contributed by atoms with Crippen LogP contribution in [0.3, 0.4) is 0 Å². The molecule has 4 rings (SSSR count). The molecule has 1 heterocycles. The number of nitrogens with one attached hydrogen (secondary N) is 2. The smallest absolute Gasteiger partial charge is 0.410 e. The Labute approximate surface area is 273 Å². The van der Waals surface area contributed by atoms with Crippen molar-refractivity contribution in [2.24, 2.45) is 0 Å². The van der Waals surface area contributed by atoms with E-state index in [1.807, 2.05) is 77.0 Å². The Kier molecular flexibility index (Phi) is 14.8. The minimum absolute atomic E-state index is 0.223. The normalized spacial score (nSPS) is 13.6. The predicted octanol–water partition coefficient (Wildman–Crippen LogP) is 4.61. The van der Waals surface area contributed by atoms with Crippen molar-refractivity contribution in [3.8, 4) is 0 Å². The molecule has 12 heteroatoms. The number of anilines is 1. The second-order valence-electron chi connectivity index (χ2n) is 11.8. The molecule has 3 aromatic rings. The highest BCUT2D eigenvalue weighted by Gasteiger charge is 2.26. The first-order valence-corrected chi connectivity index (χ1v) is 16.7. The second kappa shape index (κ2) is 17.7. The van der Waals surface area contributed by atoms with Crippen LogP contribution in [0, 0.1) is 6.92 Å². The highest BCUT2D eigenvalue weighted by atomic mass is 32.2. The van der Waals surface area contributed by atoms with Gasteiger partial charge in [-0.05, 0) is 65.6 Å². The van der Waals surface area contributed by atoms with Crippen LogP contribution in [0.4, 0.5) is 10.5 Å². The molecule has 0 radical (unpaired) electrons. The summed E-state index contributed by atoms with van der Waals surface area (Å²) in [5.74, 6) is -0.223. The number of hydrogen-bond acceptors (Lipinski definition) is 8. The van der Waals surface area contributed by atoms with Crippen LogP contribution in [0.2, 0.25) is 0 Å². The zero-order chi connectivity index (χ0) is 34.5. The molecule has 0 spiro atoms. The lowest BCUT2D eigenvalue weighted by atomic mass is 10.1. The third kappa shape index (κ3) is 10.9. The molecule has 0 unspecified atom stereocenters. The topological polar surface area (TPSA) is 128 Å². The molecule has 1 aliphatic heterocycles. The van der Waals surface area contributed by atoms with Gasteiger partial charge in [0, 0.05) is 61.8 Å². The first kappa shape index (κ1) is 38.3. The van der Waals surface area contributed by atoms with Crippen LogP contribution in [-0.4, -0.2) is 107 Å². The van der Waals surface area contributed by atoms with Crippen molar-refractivity contribution >= 4 is 44.8 Å². The number of sulfonamides is 1. The predicted molar refractivity (Wildman–Crippen MR) is 184 cm³/mol. The summed E-state index contributed by atoms with van der Waals surface area (Å²) in [4.78, 5) is 38.6. The van der Waals surface area contributed by atoms with Crippen LogP contribution in [0.15, 0.2) is 65.6 Å². The van der Waals surface area contributed by atoms with Crippen LogP contribution >= 0.6 is 0 Å². The van der Waals surface area contributed by atoms with E-state index in [2.05, 4.69) is 10.6 Å². The van der Waals surface area contributed by atoms with Gasteiger partial charge in [-0.15, -0.1) is 0 Å². The minimum Gasteiger partial charge on any atom is -0.444 e. The molecule has 252 valence electrons. The molecule has 1 fully saturated rings. The van der Waals surface area contributed by atoms with Crippen LogP contribution in [0.5, 0.6) is 0 Å². The van der Waals surface area contributed by atoms with Gasteiger partial charge in [-0.2, -0.15) is 0 Å². The Bertz CT molecular complexity index is 1560. The first-order chi connectivity index (χ1) is 21.7. The standard InChI is InChI=1S/C21H22N2O3S.C11H20N2O3.C2H7N/c1-4-23(3)27(25,26)20-14-13-19(17-11-7-8-12-18(17)20)22-21(24)16-10-6-5-9-15(16)2;1-11(2,3)16-10(15)13-6-4-12(5-7-13)8-9-14;1-3-2/h5-14H,4H2,1-3H3,(H,22,24);9H,4-8H2,1-3H3;3H,1-2H3. The Morgan fingerprint density at radius 2 is 1.50 bits per heavy atom. The van der Waals surface area contributed by atoms with Crippen molar-refractivity contribution in [2.75, 3.05) is 65.7 Å². The summed E-state index contributed by atoms with van der Waals surface area (Å²) >= 11 is 0. The van der Waals surface area contributed by atoms with Crippen molar-refractivity contribution < 1.29 is 27.5 Å². The summed E-state index contributed by atoms with van der Waals surface area (Å²) in [6.07, 6.45) is 0.626. The lowest BCUT2D eigenvalue weighted by molar-refractivity contribution is -0.109. The molecule has 2 N–H and O–H groups in total. The third-order valence-electron chi connectivity index (χ3n) is 7.01. The fourth-order valence-electron chi connectivity index (χ4n) is 4.51. The molecule has 0 bridgehead atoms. The summed E-state index contributed by atoms with van der Waals surface area (Å²) in [5.41, 5.74) is 1.60. The molecule has 3 aromatic carbocycles. The van der Waals surface area contributed by atoms with E-state index >= 15 is 0 Å². The lowest BCUT2D eigenvalue weighted by Gasteiger charge is -2.34. The van der Waals surface area contributed by atoms with Crippen molar-refractivity contribution in [3.63, 3.8) is 0 Å². The largest absolute Gasteiger partial charge is 0.444 e. The van der Waals surface area contributed by atoms with Gasteiger partial charge in [0.1, 0.15) is 11.9 Å². The third-order valence-corrected chi connectivity index (χ3v) is 9.00. The molecule has 1 saturated heterocycles. The van der Waals surface area contributed by atoms with Gasteiger partial charge in [0.15, 0.2) is 0 Å². The Morgan fingerprint density at radius 1 is 0.935 bits per heavy atom. The number of carbonyl (C=O) groups is 3. The van der Waals surface area contributed by atoms with E-state index in [1.54, 1.807) is 49.2 Å². The van der Waals surface area contributed by atoms with Crippen molar-refractivity contribution in [1.29, 1.82) is 0 Å². The first-order valence-electron chi connectivity index (χ1n) is 15.3. The van der Waals surface area contributed by atoms with Crippen molar-refractivity contribution in [3.05, 3.63) is 71.8 Å². The molecule has 0 aliphatic carbocycles. The number of piperazine rings is 1. The van der Waals surface area contributed by atoms with E-state index in [0.717, 1.165) is 24.9 Å². The fourth-order valence-corrected chi connectivity index (χ4v) is 5.88. The number of amides is 2. The van der Waals surface area contributed by atoms with Gasteiger partial charge in [-0.25, -0.2) is 17.5 Å². The molecular formula is C34H49N5O6S. The van der Waals surface area contributed by atoms with Gasteiger partial charge < -0.3 is 25.1 Å². The number of hydrogen-bond donors (Lipinski definition) is 2. The van der Waals surface area contributed by atoms with Crippen LogP contribution in [0.25, 0.3) is 10.8 Å². The zero-order valence-corrected chi connectivity index (χ0v) is 29.1. The molecule has 2 amide bonds. The molecular weight excluding hydrogens is 606 g/mol. The summed E-state index contributed by atoms with van der Waals surface area (Å²) in [6.45, 7) is 12.8. The number of fused-ring (bicyclic) bond motifs is 1.